The van der Waals surface area contributed by atoms with E-state index in [0.717, 1.165) is 10.9 Å². The summed E-state index contributed by atoms with van der Waals surface area (Å²) in [7, 11) is 2.94. The zero-order chi connectivity index (χ0) is 21.3. The van der Waals surface area contributed by atoms with E-state index in [1.165, 1.54) is 18.4 Å². The first kappa shape index (κ1) is 20.1. The Morgan fingerprint density at radius 2 is 1.90 bits per heavy atom. The predicted molar refractivity (Wildman–Crippen MR) is 117 cm³/mol. The smallest absolute Gasteiger partial charge is 0.350 e. The lowest BCUT2D eigenvalue weighted by atomic mass is 10.1. The first-order valence-electron chi connectivity index (χ1n) is 8.97. The number of halogens is 1. The first-order valence-corrected chi connectivity index (χ1v) is 10.2. The molecule has 0 spiro atoms. The molecule has 0 unspecified atom stereocenters. The first-order chi connectivity index (χ1) is 14.5. The van der Waals surface area contributed by atoms with E-state index in [4.69, 9.17) is 30.5 Å². The molecule has 30 heavy (non-hydrogen) atoms. The lowest BCUT2D eigenvalue weighted by molar-refractivity contribution is 0.0605. The van der Waals surface area contributed by atoms with Gasteiger partial charge in [-0.15, -0.1) is 0 Å². The molecule has 0 atom stereocenters. The van der Waals surface area contributed by atoms with Gasteiger partial charge in [0.25, 0.3) is 0 Å². The van der Waals surface area contributed by atoms with E-state index >= 15 is 0 Å². The highest BCUT2D eigenvalue weighted by molar-refractivity contribution is 7.17. The van der Waals surface area contributed by atoms with Gasteiger partial charge in [-0.3, -0.25) is 0 Å². The van der Waals surface area contributed by atoms with Crippen molar-refractivity contribution in [1.29, 1.82) is 0 Å². The van der Waals surface area contributed by atoms with Crippen molar-refractivity contribution in [1.82, 2.24) is 4.98 Å². The van der Waals surface area contributed by atoms with Crippen LogP contribution in [0.15, 0.2) is 57.9 Å². The number of benzene rings is 2. The molecule has 8 heteroatoms. The number of methoxy groups -OCH3 is 2. The van der Waals surface area contributed by atoms with E-state index < -0.39 is 5.97 Å². The molecule has 0 aliphatic rings. The summed E-state index contributed by atoms with van der Waals surface area (Å²) in [5.41, 5.74) is 2.08. The van der Waals surface area contributed by atoms with Gasteiger partial charge >= 0.3 is 5.97 Å². The van der Waals surface area contributed by atoms with E-state index in [1.54, 1.807) is 26.2 Å². The minimum absolute atomic E-state index is 0.427. The standard InChI is InChI=1S/C22H17ClN2O4S/c1-12-20(21(26)28-3)30-22(24-12)25-17-11-19(13-4-6-14(23)7-5-13)29-18-9-8-15(27-2)10-16(17)18/h4-11H,1-3H3/b25-17+. The number of hydrogen-bond acceptors (Lipinski definition) is 7. The van der Waals surface area contributed by atoms with Crippen LogP contribution in [0.1, 0.15) is 15.4 Å². The van der Waals surface area contributed by atoms with Gasteiger partial charge in [0.1, 0.15) is 22.0 Å². The Bertz CT molecular complexity index is 1310. The van der Waals surface area contributed by atoms with Gasteiger partial charge < -0.3 is 13.9 Å². The maximum absolute atomic E-state index is 11.9. The molecule has 0 amide bonds. The molecule has 6 nitrogen and oxygen atoms in total. The molecule has 0 saturated carbocycles. The van der Waals surface area contributed by atoms with Crippen LogP contribution < -0.4 is 10.1 Å². The van der Waals surface area contributed by atoms with E-state index in [-0.39, 0.29) is 0 Å². The van der Waals surface area contributed by atoms with Crippen LogP contribution in [0, 0.1) is 6.92 Å². The summed E-state index contributed by atoms with van der Waals surface area (Å²) in [6, 6.07) is 14.7. The van der Waals surface area contributed by atoms with Crippen molar-refractivity contribution < 1.29 is 18.7 Å². The van der Waals surface area contributed by atoms with Crippen LogP contribution >= 0.6 is 22.9 Å². The molecule has 2 aromatic carbocycles. The minimum Gasteiger partial charge on any atom is -0.497 e. The molecule has 0 fully saturated rings. The molecule has 0 radical (unpaired) electrons. The fourth-order valence-corrected chi connectivity index (χ4v) is 3.93. The van der Waals surface area contributed by atoms with Gasteiger partial charge in [0.2, 0.25) is 5.13 Å². The molecule has 0 aliphatic heterocycles. The normalized spacial score (nSPS) is 11.7. The number of ether oxygens (including phenoxy) is 2. The fourth-order valence-electron chi connectivity index (χ4n) is 2.94. The van der Waals surface area contributed by atoms with E-state index in [0.29, 0.717) is 43.2 Å². The Hall–Kier alpha value is -3.16. The molecular weight excluding hydrogens is 424 g/mol. The number of carbonyl (C=O) groups excluding carboxylic acids is 1. The molecule has 4 aromatic rings. The van der Waals surface area contributed by atoms with Crippen LogP contribution in [0.25, 0.3) is 22.3 Å². The molecule has 0 aliphatic carbocycles. The number of aromatic nitrogens is 1. The van der Waals surface area contributed by atoms with Crippen LogP contribution in [0.3, 0.4) is 0 Å². The summed E-state index contributed by atoms with van der Waals surface area (Å²) >= 11 is 7.19. The van der Waals surface area contributed by atoms with Gasteiger partial charge in [-0.1, -0.05) is 22.9 Å². The Balaban J connectivity index is 1.95. The van der Waals surface area contributed by atoms with Crippen molar-refractivity contribution in [2.45, 2.75) is 6.92 Å². The van der Waals surface area contributed by atoms with Crippen LogP contribution in [0.4, 0.5) is 5.13 Å². The van der Waals surface area contributed by atoms with E-state index in [2.05, 4.69) is 4.98 Å². The van der Waals surface area contributed by atoms with Crippen molar-refractivity contribution in [3.05, 3.63) is 69.5 Å². The monoisotopic (exact) mass is 440 g/mol. The summed E-state index contributed by atoms with van der Waals surface area (Å²) in [6.07, 6.45) is 0. The van der Waals surface area contributed by atoms with E-state index in [9.17, 15) is 4.79 Å². The van der Waals surface area contributed by atoms with Gasteiger partial charge in [0, 0.05) is 22.0 Å². The lowest BCUT2D eigenvalue weighted by Crippen LogP contribution is -2.03. The van der Waals surface area contributed by atoms with Gasteiger partial charge in [0.05, 0.1) is 25.3 Å². The highest BCUT2D eigenvalue weighted by Crippen LogP contribution is 2.28. The lowest BCUT2D eigenvalue weighted by Gasteiger charge is -2.06. The maximum Gasteiger partial charge on any atom is 0.350 e. The predicted octanol–water partition coefficient (Wildman–Crippen LogP) is 5.55. The van der Waals surface area contributed by atoms with Crippen molar-refractivity contribution in [3.8, 4) is 17.1 Å². The molecule has 0 bridgehead atoms. The van der Waals surface area contributed by atoms with Crippen molar-refractivity contribution in [2.75, 3.05) is 14.2 Å². The number of thiazole rings is 1. The third-order valence-corrected chi connectivity index (χ3v) is 5.73. The topological polar surface area (TPSA) is 73.9 Å². The number of hydrogen-bond donors (Lipinski definition) is 0. The molecule has 0 N–H and O–H groups in total. The van der Waals surface area contributed by atoms with Crippen LogP contribution in [0.5, 0.6) is 5.75 Å². The average molecular weight is 441 g/mol. The third-order valence-electron chi connectivity index (χ3n) is 4.45. The minimum atomic E-state index is -0.428. The molecule has 152 valence electrons. The quantitative estimate of drug-likeness (QED) is 0.389. The summed E-state index contributed by atoms with van der Waals surface area (Å²) in [5, 5.41) is 2.50. The van der Waals surface area contributed by atoms with Gasteiger partial charge in [-0.05, 0) is 49.4 Å². The Morgan fingerprint density at radius 3 is 2.60 bits per heavy atom. The molecule has 2 aromatic heterocycles. The number of esters is 1. The molecule has 0 saturated heterocycles. The zero-order valence-electron chi connectivity index (χ0n) is 16.4. The number of fused-ring (bicyclic) bond motifs is 1. The number of nitrogens with zero attached hydrogens (tertiary/aromatic N) is 2. The summed E-state index contributed by atoms with van der Waals surface area (Å²) in [5.74, 6) is 0.881. The maximum atomic E-state index is 11.9. The fraction of sp³-hybridized carbons (Fsp3) is 0.136. The van der Waals surface area contributed by atoms with Gasteiger partial charge in [0.15, 0.2) is 0 Å². The largest absolute Gasteiger partial charge is 0.497 e. The van der Waals surface area contributed by atoms with Crippen LogP contribution in [0.2, 0.25) is 5.02 Å². The average Bonchev–Trinajstić information content (AvgIpc) is 3.13. The van der Waals surface area contributed by atoms with Crippen molar-refractivity contribution in [3.63, 3.8) is 0 Å². The molecule has 4 rings (SSSR count). The van der Waals surface area contributed by atoms with Crippen molar-refractivity contribution in [2.24, 2.45) is 4.99 Å². The summed E-state index contributed by atoms with van der Waals surface area (Å²) in [4.78, 5) is 21.5. The highest BCUT2D eigenvalue weighted by atomic mass is 35.5. The Labute approximate surface area is 181 Å². The second-order valence-electron chi connectivity index (χ2n) is 6.38. The second-order valence-corrected chi connectivity index (χ2v) is 7.79. The zero-order valence-corrected chi connectivity index (χ0v) is 18.0. The van der Waals surface area contributed by atoms with Crippen LogP contribution in [-0.2, 0) is 4.74 Å². The Kier molecular flexibility index (Phi) is 5.57. The SMILES string of the molecule is COC(=O)c1sc(/N=c2\cc(-c3ccc(Cl)cc3)oc3ccc(OC)cc23)nc1C. The summed E-state index contributed by atoms with van der Waals surface area (Å²) in [6.45, 7) is 1.75. The van der Waals surface area contributed by atoms with Gasteiger partial charge in [-0.2, -0.15) is 0 Å². The number of carbonyl (C=O) groups is 1. The third kappa shape index (κ3) is 3.94. The number of aryl methyl sites for hydroxylation is 1. The van der Waals surface area contributed by atoms with Crippen LogP contribution in [-0.4, -0.2) is 25.2 Å². The second kappa shape index (κ2) is 8.30. The number of rotatable bonds is 4. The molecular formula is C22H17ClN2O4S. The highest BCUT2D eigenvalue weighted by Gasteiger charge is 2.16. The van der Waals surface area contributed by atoms with Gasteiger partial charge in [-0.25, -0.2) is 14.8 Å². The molecule has 2 heterocycles. The van der Waals surface area contributed by atoms with Crippen molar-refractivity contribution >= 4 is 45.0 Å². The summed E-state index contributed by atoms with van der Waals surface area (Å²) < 4.78 is 16.3. The van der Waals surface area contributed by atoms with E-state index in [1.807, 2.05) is 36.4 Å². The Morgan fingerprint density at radius 1 is 1.13 bits per heavy atom.